The summed E-state index contributed by atoms with van der Waals surface area (Å²) < 4.78 is 15.9. The lowest BCUT2D eigenvalue weighted by atomic mass is 10.2. The fraction of sp³-hybridized carbons (Fsp3) is 0.588. The molecule has 0 fully saturated rings. The second-order valence-corrected chi connectivity index (χ2v) is 4.92. The maximum Gasteiger partial charge on any atom is 0.407 e. The molecule has 1 aromatic rings. The number of hydrogen-bond acceptors (Lipinski definition) is 4. The van der Waals surface area contributed by atoms with Crippen LogP contribution in [0, 0.1) is 0 Å². The molecule has 5 nitrogen and oxygen atoms in total. The lowest BCUT2D eigenvalue weighted by Crippen LogP contribution is -2.28. The fourth-order valence-corrected chi connectivity index (χ4v) is 1.78. The van der Waals surface area contributed by atoms with E-state index in [4.69, 9.17) is 14.2 Å². The molecule has 22 heavy (non-hydrogen) atoms. The summed E-state index contributed by atoms with van der Waals surface area (Å²) in [5.74, 6) is 0. The van der Waals surface area contributed by atoms with Crippen molar-refractivity contribution in [1.82, 2.24) is 5.32 Å². The van der Waals surface area contributed by atoms with E-state index in [0.717, 1.165) is 18.6 Å². The van der Waals surface area contributed by atoms with Gasteiger partial charge in [0.05, 0.1) is 19.8 Å². The van der Waals surface area contributed by atoms with E-state index in [1.165, 1.54) is 12.8 Å². The van der Waals surface area contributed by atoms with Gasteiger partial charge in [0.1, 0.15) is 6.61 Å². The highest BCUT2D eigenvalue weighted by molar-refractivity contribution is 5.67. The number of alkyl carbamates (subject to hydrolysis) is 1. The summed E-state index contributed by atoms with van der Waals surface area (Å²) in [7, 11) is 0. The Balaban J connectivity index is 1.87. The Labute approximate surface area is 132 Å². The van der Waals surface area contributed by atoms with E-state index in [9.17, 15) is 4.79 Å². The Bertz CT molecular complexity index is 384. The van der Waals surface area contributed by atoms with Crippen molar-refractivity contribution in [1.29, 1.82) is 0 Å². The molecule has 0 aliphatic rings. The molecule has 0 saturated carbocycles. The van der Waals surface area contributed by atoms with Crippen LogP contribution in [0.3, 0.4) is 0 Å². The number of hydrogen-bond donors (Lipinski definition) is 1. The van der Waals surface area contributed by atoms with E-state index in [0.29, 0.717) is 26.4 Å². The first kappa shape index (κ1) is 18.5. The highest BCUT2D eigenvalue weighted by atomic mass is 16.5. The van der Waals surface area contributed by atoms with Crippen molar-refractivity contribution >= 4 is 6.09 Å². The molecule has 1 N–H and O–H groups in total. The first-order chi connectivity index (χ1) is 10.8. The SMILES string of the molecule is CCCCCOCCOCCNC(=O)OCc1ccccc1. The predicted molar refractivity (Wildman–Crippen MR) is 85.8 cm³/mol. The summed E-state index contributed by atoms with van der Waals surface area (Å²) in [6.45, 7) is 5.28. The average Bonchev–Trinajstić information content (AvgIpc) is 2.55. The number of unbranched alkanes of at least 4 members (excludes halogenated alkanes) is 2. The number of carbonyl (C=O) groups is 1. The molecule has 0 unspecified atom stereocenters. The highest BCUT2D eigenvalue weighted by Crippen LogP contribution is 2.00. The van der Waals surface area contributed by atoms with Gasteiger partial charge in [0.25, 0.3) is 0 Å². The Morgan fingerprint density at radius 1 is 1.00 bits per heavy atom. The molecule has 0 aromatic heterocycles. The molecule has 0 saturated heterocycles. The van der Waals surface area contributed by atoms with Crippen LogP contribution in [-0.4, -0.2) is 39.1 Å². The van der Waals surface area contributed by atoms with Gasteiger partial charge in [0.15, 0.2) is 0 Å². The summed E-state index contributed by atoms with van der Waals surface area (Å²) in [6.07, 6.45) is 3.08. The van der Waals surface area contributed by atoms with E-state index in [-0.39, 0.29) is 6.61 Å². The first-order valence-corrected chi connectivity index (χ1v) is 7.93. The van der Waals surface area contributed by atoms with E-state index in [1.807, 2.05) is 30.3 Å². The van der Waals surface area contributed by atoms with E-state index in [2.05, 4.69) is 12.2 Å². The lowest BCUT2D eigenvalue weighted by Gasteiger charge is -2.08. The largest absolute Gasteiger partial charge is 0.445 e. The molecular formula is C17H27NO4. The minimum Gasteiger partial charge on any atom is -0.445 e. The van der Waals surface area contributed by atoms with Crippen LogP contribution < -0.4 is 5.32 Å². The van der Waals surface area contributed by atoms with Crippen LogP contribution in [0.4, 0.5) is 4.79 Å². The molecular weight excluding hydrogens is 282 g/mol. The number of amides is 1. The average molecular weight is 309 g/mol. The van der Waals surface area contributed by atoms with Gasteiger partial charge in [-0.15, -0.1) is 0 Å². The maximum absolute atomic E-state index is 11.4. The molecule has 1 aromatic carbocycles. The zero-order valence-electron chi connectivity index (χ0n) is 13.4. The monoisotopic (exact) mass is 309 g/mol. The Morgan fingerprint density at radius 3 is 2.45 bits per heavy atom. The van der Waals surface area contributed by atoms with Crippen molar-refractivity contribution in [3.05, 3.63) is 35.9 Å². The van der Waals surface area contributed by atoms with Crippen LogP contribution >= 0.6 is 0 Å². The summed E-state index contributed by atoms with van der Waals surface area (Å²) in [6, 6.07) is 9.58. The molecule has 0 atom stereocenters. The van der Waals surface area contributed by atoms with E-state index in [1.54, 1.807) is 0 Å². The van der Waals surface area contributed by atoms with Crippen LogP contribution in [0.25, 0.3) is 0 Å². The van der Waals surface area contributed by atoms with Crippen molar-refractivity contribution in [3.8, 4) is 0 Å². The van der Waals surface area contributed by atoms with Crippen LogP contribution in [0.15, 0.2) is 30.3 Å². The zero-order valence-corrected chi connectivity index (χ0v) is 13.4. The van der Waals surface area contributed by atoms with Crippen LogP contribution in [0.2, 0.25) is 0 Å². The van der Waals surface area contributed by atoms with Gasteiger partial charge in [-0.05, 0) is 12.0 Å². The van der Waals surface area contributed by atoms with Crippen LogP contribution in [0.1, 0.15) is 31.7 Å². The van der Waals surface area contributed by atoms with Gasteiger partial charge in [-0.3, -0.25) is 0 Å². The Hall–Kier alpha value is -1.59. The minimum atomic E-state index is -0.428. The number of carbonyl (C=O) groups excluding carboxylic acids is 1. The molecule has 0 spiro atoms. The summed E-state index contributed by atoms with van der Waals surface area (Å²) in [5.41, 5.74) is 0.967. The second-order valence-electron chi connectivity index (χ2n) is 4.92. The second kappa shape index (κ2) is 13.1. The van der Waals surface area contributed by atoms with E-state index < -0.39 is 6.09 Å². The Kier molecular flexibility index (Phi) is 11.0. The van der Waals surface area contributed by atoms with Crippen LogP contribution in [0.5, 0.6) is 0 Å². The third kappa shape index (κ3) is 10.2. The van der Waals surface area contributed by atoms with Crippen molar-refractivity contribution in [2.45, 2.75) is 32.8 Å². The molecule has 1 amide bonds. The van der Waals surface area contributed by atoms with Gasteiger partial charge in [0.2, 0.25) is 0 Å². The first-order valence-electron chi connectivity index (χ1n) is 7.93. The van der Waals surface area contributed by atoms with E-state index >= 15 is 0 Å². The van der Waals surface area contributed by atoms with Gasteiger partial charge in [-0.25, -0.2) is 4.79 Å². The predicted octanol–water partition coefficient (Wildman–Crippen LogP) is 3.14. The quantitative estimate of drug-likeness (QED) is 0.603. The smallest absolute Gasteiger partial charge is 0.407 e. The minimum absolute atomic E-state index is 0.277. The number of benzene rings is 1. The highest BCUT2D eigenvalue weighted by Gasteiger charge is 2.01. The number of rotatable bonds is 12. The normalized spacial score (nSPS) is 10.4. The molecule has 0 aliphatic carbocycles. The third-order valence-corrected chi connectivity index (χ3v) is 2.99. The molecule has 0 heterocycles. The standard InChI is InChI=1S/C17H27NO4/c1-2-3-7-11-20-13-14-21-12-10-18-17(19)22-15-16-8-5-4-6-9-16/h4-6,8-9H,2-3,7,10-15H2,1H3,(H,18,19). The number of nitrogens with one attached hydrogen (secondary N) is 1. The fourth-order valence-electron chi connectivity index (χ4n) is 1.78. The third-order valence-electron chi connectivity index (χ3n) is 2.99. The molecule has 0 bridgehead atoms. The van der Waals surface area contributed by atoms with Crippen LogP contribution in [-0.2, 0) is 20.8 Å². The van der Waals surface area contributed by atoms with Crippen molar-refractivity contribution in [3.63, 3.8) is 0 Å². The van der Waals surface area contributed by atoms with Crippen molar-refractivity contribution in [2.75, 3.05) is 33.0 Å². The topological polar surface area (TPSA) is 56.8 Å². The molecule has 5 heteroatoms. The lowest BCUT2D eigenvalue weighted by molar-refractivity contribution is 0.0468. The van der Waals surface area contributed by atoms with Crippen molar-refractivity contribution in [2.24, 2.45) is 0 Å². The van der Waals surface area contributed by atoms with Gasteiger partial charge in [-0.2, -0.15) is 0 Å². The molecule has 124 valence electrons. The molecule has 0 radical (unpaired) electrons. The Morgan fingerprint density at radius 2 is 1.73 bits per heavy atom. The van der Waals surface area contributed by atoms with Gasteiger partial charge >= 0.3 is 6.09 Å². The van der Waals surface area contributed by atoms with Crippen molar-refractivity contribution < 1.29 is 19.0 Å². The van der Waals surface area contributed by atoms with Gasteiger partial charge in [-0.1, -0.05) is 50.1 Å². The molecule has 1 rings (SSSR count). The maximum atomic E-state index is 11.4. The summed E-state index contributed by atoms with van der Waals surface area (Å²) in [4.78, 5) is 11.4. The summed E-state index contributed by atoms with van der Waals surface area (Å²) >= 11 is 0. The summed E-state index contributed by atoms with van der Waals surface area (Å²) in [5, 5.41) is 2.64. The number of ether oxygens (including phenoxy) is 3. The van der Waals surface area contributed by atoms with Gasteiger partial charge < -0.3 is 19.5 Å². The van der Waals surface area contributed by atoms with Gasteiger partial charge in [0, 0.05) is 13.2 Å². The zero-order chi connectivity index (χ0) is 15.9. The molecule has 0 aliphatic heterocycles.